The number of Topliss-reactive ketones (excluding diaryl/α,β-unsaturated/α-hetero) is 2. The van der Waals surface area contributed by atoms with Crippen molar-refractivity contribution in [1.29, 1.82) is 0 Å². The molecule has 3 N–H and O–H groups in total. The number of benzene rings is 1. The van der Waals surface area contributed by atoms with E-state index in [0.717, 1.165) is 0 Å². The smallest absolute Gasteiger partial charge is 0.330 e. The molecule has 1 saturated carbocycles. The van der Waals surface area contributed by atoms with Gasteiger partial charge in [-0.05, 0) is 60.1 Å². The fourth-order valence-electron chi connectivity index (χ4n) is 7.51. The van der Waals surface area contributed by atoms with Crippen molar-refractivity contribution >= 4 is 23.6 Å². The van der Waals surface area contributed by atoms with Gasteiger partial charge in [-0.2, -0.15) is 0 Å². The molecule has 1 spiro atoms. The number of aliphatic carboxylic acids is 1. The van der Waals surface area contributed by atoms with Crippen LogP contribution in [0.5, 0.6) is 17.2 Å². The third kappa shape index (κ3) is 3.53. The minimum Gasteiger partial charge on any atom is -0.506 e. The van der Waals surface area contributed by atoms with Gasteiger partial charge in [-0.3, -0.25) is 9.59 Å². The molecule has 9 heteroatoms. The maximum Gasteiger partial charge on any atom is 0.330 e. The lowest BCUT2D eigenvalue weighted by atomic mass is 9.51. The van der Waals surface area contributed by atoms with Gasteiger partial charge in [0, 0.05) is 41.4 Å². The van der Waals surface area contributed by atoms with Crippen molar-refractivity contribution in [3.05, 3.63) is 58.2 Å². The van der Waals surface area contributed by atoms with Crippen LogP contribution in [0, 0.1) is 11.8 Å². The Bertz CT molecular complexity index is 1590. The van der Waals surface area contributed by atoms with Crippen LogP contribution in [-0.2, 0) is 20.7 Å². The number of ketones is 2. The molecule has 3 aliphatic carbocycles. The highest BCUT2D eigenvalue weighted by molar-refractivity contribution is 6.19. The number of phenols is 1. The summed E-state index contributed by atoms with van der Waals surface area (Å²) in [5.41, 5.74) is -3.59. The van der Waals surface area contributed by atoms with E-state index in [2.05, 4.69) is 6.58 Å². The van der Waals surface area contributed by atoms with E-state index in [1.54, 1.807) is 25.2 Å². The Morgan fingerprint density at radius 1 is 1.17 bits per heavy atom. The summed E-state index contributed by atoms with van der Waals surface area (Å²) in [7, 11) is 0. The van der Waals surface area contributed by atoms with Crippen LogP contribution in [0.25, 0.3) is 6.08 Å². The quantitative estimate of drug-likeness (QED) is 0.330. The van der Waals surface area contributed by atoms with Crippen molar-refractivity contribution in [1.82, 2.24) is 0 Å². The Labute approximate surface area is 244 Å². The van der Waals surface area contributed by atoms with Gasteiger partial charge >= 0.3 is 5.97 Å². The first-order valence-electron chi connectivity index (χ1n) is 14.2. The molecule has 222 valence electrons. The molecule has 0 aromatic heterocycles. The third-order valence-electron chi connectivity index (χ3n) is 9.62. The van der Waals surface area contributed by atoms with Crippen LogP contribution in [0.1, 0.15) is 75.9 Å². The lowest BCUT2D eigenvalue weighted by Crippen LogP contribution is -2.72. The van der Waals surface area contributed by atoms with Crippen LogP contribution >= 0.6 is 0 Å². The van der Waals surface area contributed by atoms with Crippen LogP contribution in [0.3, 0.4) is 0 Å². The molecule has 2 fully saturated rings. The first-order chi connectivity index (χ1) is 19.5. The molecule has 0 amide bonds. The molecular formula is C33H36O9. The van der Waals surface area contributed by atoms with Gasteiger partial charge in [0.25, 0.3) is 0 Å². The van der Waals surface area contributed by atoms with Gasteiger partial charge in [-0.15, -0.1) is 0 Å². The highest BCUT2D eigenvalue weighted by atomic mass is 16.6. The average Bonchev–Trinajstić information content (AvgIpc) is 3.05. The fourth-order valence-corrected chi connectivity index (χ4v) is 7.51. The molecule has 3 aliphatic heterocycles. The molecule has 1 aromatic carbocycles. The molecular weight excluding hydrogens is 540 g/mol. The Balaban J connectivity index is 1.65. The molecule has 3 heterocycles. The SMILES string of the molecule is C=C(C)[C@H](O)Cc1c2c(c(O)c3c1O[C@@]14C(=C[C@H]5C[C@@H]1C(C)(C)O[C@]4(CC=C(C)C(=O)O)C5=O)C3=O)C=CC(C)(C)O2. The lowest BCUT2D eigenvalue weighted by molar-refractivity contribution is -0.171. The van der Waals surface area contributed by atoms with Crippen molar-refractivity contribution in [3.63, 3.8) is 0 Å². The van der Waals surface area contributed by atoms with Crippen molar-refractivity contribution in [3.8, 4) is 17.2 Å². The maximum atomic E-state index is 14.5. The molecule has 0 unspecified atom stereocenters. The number of phenolic OH excluding ortho intramolecular Hbond substituents is 1. The number of hydrogen-bond donors (Lipinski definition) is 3. The number of aromatic hydroxyl groups is 1. The van der Waals surface area contributed by atoms with E-state index in [0.29, 0.717) is 23.1 Å². The van der Waals surface area contributed by atoms with Crippen molar-refractivity contribution in [2.24, 2.45) is 11.8 Å². The van der Waals surface area contributed by atoms with E-state index < -0.39 is 52.1 Å². The van der Waals surface area contributed by atoms with Gasteiger partial charge in [0.05, 0.1) is 17.3 Å². The minimum absolute atomic E-state index is 0.0247. The average molecular weight is 577 g/mol. The van der Waals surface area contributed by atoms with Crippen molar-refractivity contribution in [2.75, 3.05) is 0 Å². The van der Waals surface area contributed by atoms with E-state index in [-0.39, 0.29) is 52.6 Å². The second-order valence-electron chi connectivity index (χ2n) is 13.3. The summed E-state index contributed by atoms with van der Waals surface area (Å²) in [4.78, 5) is 40.4. The van der Waals surface area contributed by atoms with E-state index in [1.807, 2.05) is 27.7 Å². The molecule has 9 nitrogen and oxygen atoms in total. The number of carbonyl (C=O) groups is 3. The largest absolute Gasteiger partial charge is 0.506 e. The predicted octanol–water partition coefficient (Wildman–Crippen LogP) is 4.48. The summed E-state index contributed by atoms with van der Waals surface area (Å²) in [5.74, 6) is -2.98. The van der Waals surface area contributed by atoms with E-state index in [9.17, 15) is 29.7 Å². The molecule has 1 aromatic rings. The summed E-state index contributed by atoms with van der Waals surface area (Å²) in [6.07, 6.45) is 5.78. The summed E-state index contributed by atoms with van der Waals surface area (Å²) < 4.78 is 19.9. The van der Waals surface area contributed by atoms with Gasteiger partial charge in [-0.25, -0.2) is 4.79 Å². The third-order valence-corrected chi connectivity index (χ3v) is 9.62. The molecule has 5 atom stereocenters. The topological polar surface area (TPSA) is 140 Å². The van der Waals surface area contributed by atoms with Gasteiger partial charge in [0.2, 0.25) is 0 Å². The highest BCUT2D eigenvalue weighted by Crippen LogP contribution is 2.68. The first kappa shape index (κ1) is 28.4. The lowest BCUT2D eigenvalue weighted by Gasteiger charge is -2.56. The van der Waals surface area contributed by atoms with Crippen LogP contribution in [0.2, 0.25) is 0 Å². The molecule has 6 aliphatic rings. The fraction of sp³-hybridized carbons (Fsp3) is 0.485. The van der Waals surface area contributed by atoms with E-state index >= 15 is 0 Å². The first-order valence-corrected chi connectivity index (χ1v) is 14.2. The summed E-state index contributed by atoms with van der Waals surface area (Å²) in [6, 6.07) is 0. The number of rotatable bonds is 6. The zero-order chi connectivity index (χ0) is 30.7. The van der Waals surface area contributed by atoms with E-state index in [1.165, 1.54) is 13.0 Å². The summed E-state index contributed by atoms with van der Waals surface area (Å²) >= 11 is 0. The van der Waals surface area contributed by atoms with E-state index in [4.69, 9.17) is 14.2 Å². The second kappa shape index (κ2) is 8.67. The molecule has 1 saturated heterocycles. The van der Waals surface area contributed by atoms with Crippen molar-refractivity contribution in [2.45, 2.75) is 89.3 Å². The Morgan fingerprint density at radius 2 is 1.86 bits per heavy atom. The van der Waals surface area contributed by atoms with Crippen LogP contribution in [0.4, 0.5) is 0 Å². The minimum atomic E-state index is -1.69. The number of aliphatic hydroxyl groups is 1. The predicted molar refractivity (Wildman–Crippen MR) is 153 cm³/mol. The zero-order valence-electron chi connectivity index (χ0n) is 24.7. The van der Waals surface area contributed by atoms with Crippen LogP contribution < -0.4 is 9.47 Å². The standard InChI is InChI=1S/C33H36O9/c1-15(2)21(34)14-19-26-18(9-10-30(4,5)40-26)24(35)23-25(36)20-12-17-13-22-31(6,7)42-32(28(17)37,11-8-16(3)29(38)39)33(20,22)41-27(19)23/h8-10,12,17,21-22,34-35H,1,11,13-14H2,2-7H3,(H,38,39)/t17-,21+,22+,32+,33-/m0/s1. The van der Waals surface area contributed by atoms with Gasteiger partial charge in [-0.1, -0.05) is 24.3 Å². The highest BCUT2D eigenvalue weighted by Gasteiger charge is 2.81. The maximum absolute atomic E-state index is 14.5. The summed E-state index contributed by atoms with van der Waals surface area (Å²) in [5, 5.41) is 32.1. The summed E-state index contributed by atoms with van der Waals surface area (Å²) in [6.45, 7) is 14.4. The number of allylic oxidation sites excluding steroid dienone is 1. The molecule has 7 rings (SSSR count). The normalized spacial score (nSPS) is 31.8. The second-order valence-corrected chi connectivity index (χ2v) is 13.3. The number of carboxylic acid groups (broad SMARTS) is 1. The number of ether oxygens (including phenoxy) is 3. The number of carboxylic acids is 1. The molecule has 4 bridgehead atoms. The zero-order valence-corrected chi connectivity index (χ0v) is 24.7. The van der Waals surface area contributed by atoms with Crippen molar-refractivity contribution < 1.29 is 43.9 Å². The van der Waals surface area contributed by atoms with Crippen LogP contribution in [-0.4, -0.2) is 61.4 Å². The molecule has 42 heavy (non-hydrogen) atoms. The Morgan fingerprint density at radius 3 is 2.50 bits per heavy atom. The van der Waals surface area contributed by atoms with Crippen LogP contribution in [0.15, 0.2) is 41.5 Å². The number of hydrogen-bond acceptors (Lipinski definition) is 8. The monoisotopic (exact) mass is 576 g/mol. The number of carbonyl (C=O) groups excluding carboxylic acids is 2. The van der Waals surface area contributed by atoms with Gasteiger partial charge in [0.15, 0.2) is 22.8 Å². The van der Waals surface area contributed by atoms with Gasteiger partial charge in [0.1, 0.15) is 28.4 Å². The van der Waals surface area contributed by atoms with Gasteiger partial charge < -0.3 is 29.5 Å². The Hall–Kier alpha value is -3.69. The number of fused-ring (bicyclic) bond motifs is 2. The Kier molecular flexibility index (Phi) is 5.87. The number of aliphatic hydroxyl groups excluding tert-OH is 1. The molecule has 0 radical (unpaired) electrons.